The van der Waals surface area contributed by atoms with Crippen LogP contribution in [0.25, 0.3) is 0 Å². The molecule has 0 amide bonds. The molecule has 14 heavy (non-hydrogen) atoms. The van der Waals surface area contributed by atoms with Crippen molar-refractivity contribution in [1.82, 2.24) is 0 Å². The van der Waals surface area contributed by atoms with Gasteiger partial charge in [0.25, 0.3) is 0 Å². The summed E-state index contributed by atoms with van der Waals surface area (Å²) in [4.78, 5) is 0. The van der Waals surface area contributed by atoms with E-state index in [1.54, 1.807) is 18.2 Å². The fourth-order valence-electron chi connectivity index (χ4n) is 0.851. The Hall–Kier alpha value is -0.0800. The quantitative estimate of drug-likeness (QED) is 0.838. The largest absolute Gasteiger partial charge is 0.379 e. The normalized spacial score (nSPS) is 11.6. The van der Waals surface area contributed by atoms with Crippen molar-refractivity contribution in [1.29, 1.82) is 0 Å². The molecule has 0 radical (unpaired) electrons. The van der Waals surface area contributed by atoms with Gasteiger partial charge in [0, 0.05) is 15.6 Å². The molecule has 1 nitrogen and oxygen atoms in total. The number of rotatable bonds is 3. The number of hydrogen-bond donors (Lipinski definition) is 1. The second kappa shape index (κ2) is 5.72. The molecule has 1 aromatic rings. The third-order valence-electron chi connectivity index (χ3n) is 1.50. The van der Waals surface area contributed by atoms with Crippen LogP contribution in [-0.2, 0) is 0 Å². The molecular weight excluding hydrogens is 264 g/mol. The topological polar surface area (TPSA) is 12.0 Å². The predicted octanol–water partition coefficient (Wildman–Crippen LogP) is 4.72. The fraction of sp³-hybridized carbons (Fsp3) is 0.111. The first-order valence-corrected chi connectivity index (χ1v) is 5.34. The van der Waals surface area contributed by atoms with Crippen LogP contribution >= 0.6 is 46.4 Å². The highest BCUT2D eigenvalue weighted by Gasteiger charge is 2.00. The zero-order valence-electron chi connectivity index (χ0n) is 7.03. The molecule has 0 aliphatic rings. The van der Waals surface area contributed by atoms with E-state index in [4.69, 9.17) is 46.4 Å². The zero-order valence-corrected chi connectivity index (χ0v) is 10.1. The molecule has 0 aromatic heterocycles. The van der Waals surface area contributed by atoms with Crippen LogP contribution in [0, 0.1) is 0 Å². The number of hydrogen-bond acceptors (Lipinski definition) is 1. The van der Waals surface area contributed by atoms with E-state index >= 15 is 0 Å². The van der Waals surface area contributed by atoms with Gasteiger partial charge >= 0.3 is 0 Å². The first kappa shape index (κ1) is 12.0. The van der Waals surface area contributed by atoms with Crippen LogP contribution < -0.4 is 5.32 Å². The molecule has 0 aliphatic carbocycles. The number of halogens is 4. The third-order valence-corrected chi connectivity index (χ3v) is 2.66. The molecule has 0 atom stereocenters. The molecule has 1 rings (SSSR count). The number of benzene rings is 1. The van der Waals surface area contributed by atoms with Crippen molar-refractivity contribution >= 4 is 52.1 Å². The lowest BCUT2D eigenvalue weighted by molar-refractivity contribution is 1.31. The second-order valence-electron chi connectivity index (χ2n) is 2.53. The number of anilines is 1. The van der Waals surface area contributed by atoms with Gasteiger partial charge in [0.15, 0.2) is 0 Å². The minimum Gasteiger partial charge on any atom is -0.379 e. The van der Waals surface area contributed by atoms with Gasteiger partial charge in [-0.3, -0.25) is 0 Å². The van der Waals surface area contributed by atoms with Gasteiger partial charge in [-0.2, -0.15) is 0 Å². The summed E-state index contributed by atoms with van der Waals surface area (Å²) in [7, 11) is 0. The highest BCUT2D eigenvalue weighted by molar-refractivity contribution is 6.37. The standard InChI is InChI=1S/C9H7Cl4N/c10-4-7(12)5-14-9-2-1-6(11)3-8(9)13/h1-4,14H,5H2/b7-4+. The summed E-state index contributed by atoms with van der Waals surface area (Å²) in [5, 5.41) is 4.68. The summed E-state index contributed by atoms with van der Waals surface area (Å²) in [5.74, 6) is 0. The van der Waals surface area contributed by atoms with Gasteiger partial charge in [0.05, 0.1) is 17.3 Å². The van der Waals surface area contributed by atoms with Crippen molar-refractivity contribution in [3.63, 3.8) is 0 Å². The molecule has 76 valence electrons. The van der Waals surface area contributed by atoms with Crippen molar-refractivity contribution in [3.8, 4) is 0 Å². The predicted molar refractivity (Wildman–Crippen MR) is 64.7 cm³/mol. The van der Waals surface area contributed by atoms with Crippen LogP contribution in [0.3, 0.4) is 0 Å². The molecule has 0 spiro atoms. The van der Waals surface area contributed by atoms with E-state index in [1.165, 1.54) is 5.54 Å². The zero-order chi connectivity index (χ0) is 10.6. The molecular formula is C9H7Cl4N. The van der Waals surface area contributed by atoms with E-state index in [9.17, 15) is 0 Å². The summed E-state index contributed by atoms with van der Waals surface area (Å²) >= 11 is 22.7. The molecule has 0 bridgehead atoms. The Morgan fingerprint density at radius 2 is 2.07 bits per heavy atom. The smallest absolute Gasteiger partial charge is 0.0652 e. The molecule has 0 aliphatic heterocycles. The van der Waals surface area contributed by atoms with Crippen molar-refractivity contribution in [2.24, 2.45) is 0 Å². The Morgan fingerprint density at radius 1 is 1.36 bits per heavy atom. The molecule has 0 saturated heterocycles. The summed E-state index contributed by atoms with van der Waals surface area (Å²) < 4.78 is 0. The molecule has 0 heterocycles. The Balaban J connectivity index is 2.68. The van der Waals surface area contributed by atoms with Gasteiger partial charge in [-0.25, -0.2) is 0 Å². The maximum Gasteiger partial charge on any atom is 0.0652 e. The molecule has 5 heteroatoms. The van der Waals surface area contributed by atoms with E-state index in [0.717, 1.165) is 5.69 Å². The van der Waals surface area contributed by atoms with Crippen LogP contribution in [0.15, 0.2) is 28.8 Å². The summed E-state index contributed by atoms with van der Waals surface area (Å²) in [6.45, 7) is 0.437. The Kier molecular flexibility index (Phi) is 4.90. The second-order valence-corrected chi connectivity index (χ2v) is 4.08. The molecule has 1 aromatic carbocycles. The maximum atomic E-state index is 5.91. The maximum absolute atomic E-state index is 5.91. The van der Waals surface area contributed by atoms with Crippen molar-refractivity contribution in [3.05, 3.63) is 38.8 Å². The van der Waals surface area contributed by atoms with Crippen molar-refractivity contribution < 1.29 is 0 Å². The Bertz CT molecular complexity index is 349. The van der Waals surface area contributed by atoms with Crippen molar-refractivity contribution in [2.75, 3.05) is 11.9 Å². The van der Waals surface area contributed by atoms with Gasteiger partial charge in [-0.05, 0) is 18.2 Å². The third kappa shape index (κ3) is 3.58. The molecule has 0 saturated carbocycles. The van der Waals surface area contributed by atoms with E-state index < -0.39 is 0 Å². The van der Waals surface area contributed by atoms with Crippen LogP contribution in [0.4, 0.5) is 5.69 Å². The lowest BCUT2D eigenvalue weighted by Gasteiger charge is -2.07. The van der Waals surface area contributed by atoms with E-state index in [2.05, 4.69) is 5.32 Å². The van der Waals surface area contributed by atoms with Gasteiger partial charge in [0.1, 0.15) is 0 Å². The fourth-order valence-corrected chi connectivity index (χ4v) is 1.47. The minimum atomic E-state index is 0.437. The first-order valence-electron chi connectivity index (χ1n) is 3.77. The minimum absolute atomic E-state index is 0.437. The summed E-state index contributed by atoms with van der Waals surface area (Å²) in [5.41, 5.74) is 2.07. The van der Waals surface area contributed by atoms with Gasteiger partial charge < -0.3 is 5.32 Å². The SMILES string of the molecule is Cl/C=C(/Cl)CNc1ccc(Cl)cc1Cl. The van der Waals surface area contributed by atoms with Crippen LogP contribution in [0.2, 0.25) is 10.0 Å². The molecule has 1 N–H and O–H groups in total. The first-order chi connectivity index (χ1) is 6.63. The van der Waals surface area contributed by atoms with Crippen LogP contribution in [-0.4, -0.2) is 6.54 Å². The Morgan fingerprint density at radius 3 is 2.64 bits per heavy atom. The number of nitrogens with one attached hydrogen (secondary N) is 1. The molecule has 0 fully saturated rings. The lowest BCUT2D eigenvalue weighted by Crippen LogP contribution is -2.01. The van der Waals surface area contributed by atoms with Crippen molar-refractivity contribution in [2.45, 2.75) is 0 Å². The average Bonchev–Trinajstić information content (AvgIpc) is 2.16. The van der Waals surface area contributed by atoms with Crippen LogP contribution in [0.1, 0.15) is 0 Å². The average molecular weight is 271 g/mol. The van der Waals surface area contributed by atoms with Gasteiger partial charge in [0.2, 0.25) is 0 Å². The van der Waals surface area contributed by atoms with Gasteiger partial charge in [-0.15, -0.1) is 0 Å². The lowest BCUT2D eigenvalue weighted by atomic mass is 10.3. The summed E-state index contributed by atoms with van der Waals surface area (Å²) in [6.07, 6.45) is 0. The Labute approximate surface area is 103 Å². The molecule has 0 unspecified atom stereocenters. The highest BCUT2D eigenvalue weighted by atomic mass is 35.5. The highest BCUT2D eigenvalue weighted by Crippen LogP contribution is 2.25. The van der Waals surface area contributed by atoms with E-state index in [0.29, 0.717) is 21.6 Å². The van der Waals surface area contributed by atoms with Crippen LogP contribution in [0.5, 0.6) is 0 Å². The van der Waals surface area contributed by atoms with E-state index in [-0.39, 0.29) is 0 Å². The van der Waals surface area contributed by atoms with Gasteiger partial charge in [-0.1, -0.05) is 46.4 Å². The van der Waals surface area contributed by atoms with E-state index in [1.807, 2.05) is 0 Å². The summed E-state index contributed by atoms with van der Waals surface area (Å²) in [6, 6.07) is 5.18. The monoisotopic (exact) mass is 269 g/mol.